The number of hydrogen-bond acceptors (Lipinski definition) is 2. The average Bonchev–Trinajstić information content (AvgIpc) is 2.94. The first-order valence-corrected chi connectivity index (χ1v) is 7.28. The van der Waals surface area contributed by atoms with Crippen LogP contribution in [0.4, 0.5) is 4.39 Å². The number of nitrogens with zero attached hydrogens (tertiary/aromatic N) is 1. The quantitative estimate of drug-likeness (QED) is 0.860. The van der Waals surface area contributed by atoms with E-state index >= 15 is 0 Å². The Balaban J connectivity index is 1.80. The molecular weight excluding hydrogens is 313 g/mol. The minimum absolute atomic E-state index is 0.101. The lowest BCUT2D eigenvalue weighted by atomic mass is 10.00. The lowest BCUT2D eigenvalue weighted by Crippen LogP contribution is -2.31. The van der Waals surface area contributed by atoms with Crippen molar-refractivity contribution in [3.05, 3.63) is 34.1 Å². The molecule has 3 unspecified atom stereocenters. The number of carbonyl (C=O) groups is 1. The number of aliphatic hydroxyl groups is 1. The zero-order chi connectivity index (χ0) is 13.6. The van der Waals surface area contributed by atoms with Crippen LogP contribution in [0, 0.1) is 17.7 Å². The van der Waals surface area contributed by atoms with Gasteiger partial charge in [-0.3, -0.25) is 4.79 Å². The molecule has 3 nitrogen and oxygen atoms in total. The number of halogens is 2. The van der Waals surface area contributed by atoms with Crippen molar-refractivity contribution in [3.63, 3.8) is 0 Å². The number of rotatable bonds is 1. The van der Waals surface area contributed by atoms with Crippen LogP contribution in [0.15, 0.2) is 22.7 Å². The molecule has 19 heavy (non-hydrogen) atoms. The van der Waals surface area contributed by atoms with Gasteiger partial charge in [-0.1, -0.05) is 15.9 Å². The van der Waals surface area contributed by atoms with E-state index in [0.717, 1.165) is 12.8 Å². The van der Waals surface area contributed by atoms with Gasteiger partial charge in [0.1, 0.15) is 5.82 Å². The van der Waals surface area contributed by atoms with E-state index in [0.29, 0.717) is 23.5 Å². The van der Waals surface area contributed by atoms with Gasteiger partial charge in [0.15, 0.2) is 0 Å². The molecule has 0 radical (unpaired) electrons. The Morgan fingerprint density at radius 1 is 1.37 bits per heavy atom. The van der Waals surface area contributed by atoms with Crippen LogP contribution in [0.25, 0.3) is 0 Å². The third kappa shape index (κ3) is 2.30. The second kappa shape index (κ2) is 4.87. The Labute approximate surface area is 119 Å². The third-order valence-electron chi connectivity index (χ3n) is 4.27. The van der Waals surface area contributed by atoms with Crippen molar-refractivity contribution in [1.29, 1.82) is 0 Å². The van der Waals surface area contributed by atoms with Crippen LogP contribution in [-0.2, 0) is 0 Å². The monoisotopic (exact) mass is 327 g/mol. The first kappa shape index (κ1) is 13.1. The number of amides is 1. The van der Waals surface area contributed by atoms with Crippen molar-refractivity contribution in [2.75, 3.05) is 13.1 Å². The van der Waals surface area contributed by atoms with Crippen LogP contribution < -0.4 is 0 Å². The largest absolute Gasteiger partial charge is 0.393 e. The molecule has 2 fully saturated rings. The summed E-state index contributed by atoms with van der Waals surface area (Å²) >= 11 is 3.25. The molecule has 2 aliphatic rings. The second-order valence-electron chi connectivity index (χ2n) is 5.40. The smallest absolute Gasteiger partial charge is 0.256 e. The summed E-state index contributed by atoms with van der Waals surface area (Å²) in [6.07, 6.45) is 1.47. The number of fused-ring (bicyclic) bond motifs is 1. The molecule has 3 atom stereocenters. The fourth-order valence-corrected chi connectivity index (χ4v) is 3.60. The number of likely N-dealkylation sites (tertiary alicyclic amines) is 1. The van der Waals surface area contributed by atoms with E-state index in [4.69, 9.17) is 0 Å². The maximum atomic E-state index is 13.7. The molecule has 1 saturated heterocycles. The molecule has 0 spiro atoms. The molecule has 1 saturated carbocycles. The van der Waals surface area contributed by atoms with E-state index in [1.54, 1.807) is 11.0 Å². The van der Waals surface area contributed by atoms with Gasteiger partial charge in [-0.25, -0.2) is 4.39 Å². The minimum Gasteiger partial charge on any atom is -0.393 e. The first-order chi connectivity index (χ1) is 9.06. The number of aliphatic hydroxyl groups excluding tert-OH is 1. The summed E-state index contributed by atoms with van der Waals surface area (Å²) in [5.74, 6) is -0.237. The van der Waals surface area contributed by atoms with Crippen molar-refractivity contribution in [2.24, 2.45) is 11.8 Å². The molecule has 1 aromatic carbocycles. The van der Waals surface area contributed by atoms with Gasteiger partial charge >= 0.3 is 0 Å². The molecule has 5 heteroatoms. The maximum absolute atomic E-state index is 13.7. The molecular formula is C14H15BrFNO2. The Morgan fingerprint density at radius 2 is 2.16 bits per heavy atom. The van der Waals surface area contributed by atoms with Gasteiger partial charge in [0, 0.05) is 23.5 Å². The highest BCUT2D eigenvalue weighted by molar-refractivity contribution is 9.10. The molecule has 1 amide bonds. The molecule has 0 bridgehead atoms. The molecule has 3 rings (SSSR count). The summed E-state index contributed by atoms with van der Waals surface area (Å²) in [5.41, 5.74) is 0.101. The second-order valence-corrected chi connectivity index (χ2v) is 6.32. The van der Waals surface area contributed by atoms with E-state index in [-0.39, 0.29) is 23.5 Å². The van der Waals surface area contributed by atoms with Gasteiger partial charge in [0.2, 0.25) is 0 Å². The van der Waals surface area contributed by atoms with Crippen molar-refractivity contribution in [1.82, 2.24) is 4.90 Å². The Bertz CT molecular complexity index is 522. The normalized spacial score (nSPS) is 29.6. The average molecular weight is 328 g/mol. The summed E-state index contributed by atoms with van der Waals surface area (Å²) in [5, 5.41) is 9.85. The summed E-state index contributed by atoms with van der Waals surface area (Å²) in [6.45, 7) is 1.17. The maximum Gasteiger partial charge on any atom is 0.256 e. The number of hydrogen-bond donors (Lipinski definition) is 1. The molecule has 1 aliphatic heterocycles. The fourth-order valence-electron chi connectivity index (χ4n) is 3.23. The van der Waals surface area contributed by atoms with Gasteiger partial charge in [0.05, 0.1) is 11.7 Å². The van der Waals surface area contributed by atoms with Crippen LogP contribution in [0.1, 0.15) is 23.2 Å². The zero-order valence-corrected chi connectivity index (χ0v) is 11.9. The predicted octanol–water partition coefficient (Wildman–Crippen LogP) is 2.43. The van der Waals surface area contributed by atoms with E-state index in [2.05, 4.69) is 15.9 Å². The molecule has 1 N–H and O–H groups in total. The molecule has 102 valence electrons. The van der Waals surface area contributed by atoms with Crippen LogP contribution in [0.2, 0.25) is 0 Å². The molecule has 1 aromatic rings. The lowest BCUT2D eigenvalue weighted by Gasteiger charge is -2.19. The Hall–Kier alpha value is -0.940. The van der Waals surface area contributed by atoms with Gasteiger partial charge in [0.25, 0.3) is 5.91 Å². The topological polar surface area (TPSA) is 40.5 Å². The van der Waals surface area contributed by atoms with E-state index < -0.39 is 5.82 Å². The highest BCUT2D eigenvalue weighted by Gasteiger charge is 2.43. The van der Waals surface area contributed by atoms with Crippen molar-refractivity contribution >= 4 is 21.8 Å². The van der Waals surface area contributed by atoms with Crippen molar-refractivity contribution < 1.29 is 14.3 Å². The SMILES string of the molecule is O=C(c1cc(Br)ccc1F)N1CC2CCC(O)C2C1. The van der Waals surface area contributed by atoms with E-state index in [1.165, 1.54) is 12.1 Å². The van der Waals surface area contributed by atoms with Crippen LogP contribution >= 0.6 is 15.9 Å². The highest BCUT2D eigenvalue weighted by atomic mass is 79.9. The minimum atomic E-state index is -0.495. The Morgan fingerprint density at radius 3 is 2.89 bits per heavy atom. The molecule has 1 heterocycles. The van der Waals surface area contributed by atoms with Crippen molar-refractivity contribution in [2.45, 2.75) is 18.9 Å². The first-order valence-electron chi connectivity index (χ1n) is 6.48. The van der Waals surface area contributed by atoms with Gasteiger partial charge in [-0.05, 0) is 37.0 Å². The lowest BCUT2D eigenvalue weighted by molar-refractivity contribution is 0.0748. The van der Waals surface area contributed by atoms with Crippen LogP contribution in [-0.4, -0.2) is 35.1 Å². The predicted molar refractivity (Wildman–Crippen MR) is 72.2 cm³/mol. The summed E-state index contributed by atoms with van der Waals surface area (Å²) in [7, 11) is 0. The van der Waals surface area contributed by atoms with Crippen LogP contribution in [0.5, 0.6) is 0 Å². The summed E-state index contributed by atoms with van der Waals surface area (Å²) < 4.78 is 14.4. The number of carbonyl (C=O) groups excluding carboxylic acids is 1. The summed E-state index contributed by atoms with van der Waals surface area (Å²) in [6, 6.07) is 4.39. The van der Waals surface area contributed by atoms with E-state index in [9.17, 15) is 14.3 Å². The van der Waals surface area contributed by atoms with Gasteiger partial charge in [-0.2, -0.15) is 0 Å². The van der Waals surface area contributed by atoms with Gasteiger partial charge in [-0.15, -0.1) is 0 Å². The number of benzene rings is 1. The van der Waals surface area contributed by atoms with E-state index in [1.807, 2.05) is 0 Å². The van der Waals surface area contributed by atoms with Gasteiger partial charge < -0.3 is 10.0 Å². The zero-order valence-electron chi connectivity index (χ0n) is 10.4. The van der Waals surface area contributed by atoms with Crippen LogP contribution in [0.3, 0.4) is 0 Å². The fraction of sp³-hybridized carbons (Fsp3) is 0.500. The molecule has 1 aliphatic carbocycles. The summed E-state index contributed by atoms with van der Waals surface area (Å²) in [4.78, 5) is 14.0. The molecule has 0 aromatic heterocycles. The highest BCUT2D eigenvalue weighted by Crippen LogP contribution is 2.38. The standard InChI is InChI=1S/C14H15BrFNO2/c15-9-2-3-12(16)10(5-9)14(19)17-6-8-1-4-13(18)11(8)7-17/h2-3,5,8,11,13,18H,1,4,6-7H2. The Kier molecular flexibility index (Phi) is 3.35. The third-order valence-corrected chi connectivity index (χ3v) is 4.76. The van der Waals surface area contributed by atoms with Crippen molar-refractivity contribution in [3.8, 4) is 0 Å².